The Morgan fingerprint density at radius 2 is 2.25 bits per heavy atom. The minimum absolute atomic E-state index is 0.157. The lowest BCUT2D eigenvalue weighted by Crippen LogP contribution is -2.14. The molecule has 1 rings (SSSR count). The monoisotopic (exact) mass is 118 g/mol. The van der Waals surface area contributed by atoms with Crippen LogP contribution < -0.4 is 0 Å². The molecule has 0 aromatic heterocycles. The minimum atomic E-state index is -0.157. The second kappa shape index (κ2) is 2.44. The molecule has 1 atom stereocenters. The van der Waals surface area contributed by atoms with Crippen molar-refractivity contribution in [1.29, 1.82) is 0 Å². The average Bonchev–Trinajstić information content (AvgIpc) is 2.12. The Morgan fingerprint density at radius 1 is 1.50 bits per heavy atom. The van der Waals surface area contributed by atoms with Crippen molar-refractivity contribution in [2.75, 3.05) is 6.79 Å². The molecule has 1 fully saturated rings. The molecule has 0 N–H and O–H groups in total. The molecule has 0 aromatic rings. The van der Waals surface area contributed by atoms with Gasteiger partial charge in [0.2, 0.25) is 0 Å². The summed E-state index contributed by atoms with van der Waals surface area (Å²) in [5.41, 5.74) is 0. The van der Waals surface area contributed by atoms with Crippen LogP contribution in [0.3, 0.4) is 0 Å². The fourth-order valence-corrected chi connectivity index (χ4v) is 0.521. The van der Waals surface area contributed by atoms with Crippen molar-refractivity contribution in [2.45, 2.75) is 20.1 Å². The first kappa shape index (κ1) is 6.01. The van der Waals surface area contributed by atoms with Gasteiger partial charge < -0.3 is 4.74 Å². The molecule has 1 aliphatic rings. The SMILES string of the molecule is CC(C)C1OCOO1. The van der Waals surface area contributed by atoms with E-state index in [1.54, 1.807) is 0 Å². The standard InChI is InChI=1S/C5H10O3/c1-4(2)5-6-3-7-8-5/h4-5H,3H2,1-2H3. The quantitative estimate of drug-likeness (QED) is 0.479. The maximum atomic E-state index is 4.97. The molecular weight excluding hydrogens is 108 g/mol. The van der Waals surface area contributed by atoms with E-state index in [0.717, 1.165) is 0 Å². The molecule has 8 heavy (non-hydrogen) atoms. The Morgan fingerprint density at radius 3 is 2.50 bits per heavy atom. The average molecular weight is 118 g/mol. The summed E-state index contributed by atoms with van der Waals surface area (Å²) in [6.07, 6.45) is -0.157. The smallest absolute Gasteiger partial charge is 0.196 e. The van der Waals surface area contributed by atoms with Crippen LogP contribution in [0.1, 0.15) is 13.8 Å². The van der Waals surface area contributed by atoms with Crippen LogP contribution in [0.25, 0.3) is 0 Å². The molecule has 48 valence electrons. The highest BCUT2D eigenvalue weighted by molar-refractivity contribution is 4.47. The summed E-state index contributed by atoms with van der Waals surface area (Å²) < 4.78 is 4.97. The Labute approximate surface area is 48.5 Å². The molecule has 0 aromatic carbocycles. The van der Waals surface area contributed by atoms with Gasteiger partial charge in [-0.2, -0.15) is 0 Å². The highest BCUT2D eigenvalue weighted by Crippen LogP contribution is 2.13. The maximum Gasteiger partial charge on any atom is 0.196 e. The van der Waals surface area contributed by atoms with Gasteiger partial charge in [0.15, 0.2) is 13.1 Å². The zero-order chi connectivity index (χ0) is 5.98. The van der Waals surface area contributed by atoms with E-state index in [1.807, 2.05) is 13.8 Å². The fraction of sp³-hybridized carbons (Fsp3) is 1.00. The van der Waals surface area contributed by atoms with Crippen LogP contribution in [-0.2, 0) is 14.5 Å². The van der Waals surface area contributed by atoms with Crippen LogP contribution in [-0.4, -0.2) is 13.1 Å². The number of ether oxygens (including phenoxy) is 1. The molecule has 3 nitrogen and oxygen atoms in total. The van der Waals surface area contributed by atoms with Gasteiger partial charge in [0.05, 0.1) is 0 Å². The topological polar surface area (TPSA) is 27.7 Å². The Hall–Kier alpha value is -0.120. The third-order valence-electron chi connectivity index (χ3n) is 0.988. The molecule has 1 saturated heterocycles. The first-order valence-electron chi connectivity index (χ1n) is 2.70. The Kier molecular flexibility index (Phi) is 1.83. The van der Waals surface area contributed by atoms with E-state index in [4.69, 9.17) is 9.62 Å². The highest BCUT2D eigenvalue weighted by atomic mass is 17.3. The molecule has 0 aliphatic carbocycles. The lowest BCUT2D eigenvalue weighted by Gasteiger charge is -2.07. The molecule has 0 spiro atoms. The van der Waals surface area contributed by atoms with Crippen LogP contribution in [0.5, 0.6) is 0 Å². The zero-order valence-corrected chi connectivity index (χ0v) is 5.09. The van der Waals surface area contributed by atoms with Crippen molar-refractivity contribution in [2.24, 2.45) is 5.92 Å². The van der Waals surface area contributed by atoms with Crippen molar-refractivity contribution in [3.63, 3.8) is 0 Å². The molecule has 0 bridgehead atoms. The second-order valence-electron chi connectivity index (χ2n) is 2.11. The molecule has 3 heteroatoms. The third-order valence-corrected chi connectivity index (χ3v) is 0.988. The molecule has 1 unspecified atom stereocenters. The van der Waals surface area contributed by atoms with Gasteiger partial charge in [-0.1, -0.05) is 13.8 Å². The minimum Gasteiger partial charge on any atom is -0.320 e. The zero-order valence-electron chi connectivity index (χ0n) is 5.09. The number of rotatable bonds is 1. The van der Waals surface area contributed by atoms with Crippen LogP contribution in [0, 0.1) is 5.92 Å². The van der Waals surface area contributed by atoms with Crippen molar-refractivity contribution >= 4 is 0 Å². The van der Waals surface area contributed by atoms with Crippen LogP contribution in [0.2, 0.25) is 0 Å². The summed E-state index contributed by atoms with van der Waals surface area (Å²) in [6.45, 7) is 4.29. The maximum absolute atomic E-state index is 4.97. The van der Waals surface area contributed by atoms with Gasteiger partial charge >= 0.3 is 0 Å². The molecular formula is C5H10O3. The van der Waals surface area contributed by atoms with E-state index >= 15 is 0 Å². The van der Waals surface area contributed by atoms with Gasteiger partial charge in [-0.15, -0.1) is 0 Å². The first-order chi connectivity index (χ1) is 3.80. The summed E-state index contributed by atoms with van der Waals surface area (Å²) in [5.74, 6) is 0.373. The predicted octanol–water partition coefficient (Wildman–Crippen LogP) is 0.904. The summed E-state index contributed by atoms with van der Waals surface area (Å²) >= 11 is 0. The molecule has 0 saturated carbocycles. The molecule has 1 heterocycles. The van der Waals surface area contributed by atoms with E-state index in [0.29, 0.717) is 5.92 Å². The van der Waals surface area contributed by atoms with Crippen LogP contribution >= 0.6 is 0 Å². The van der Waals surface area contributed by atoms with Crippen molar-refractivity contribution < 1.29 is 14.5 Å². The summed E-state index contributed by atoms with van der Waals surface area (Å²) in [6, 6.07) is 0. The van der Waals surface area contributed by atoms with E-state index in [-0.39, 0.29) is 13.1 Å². The number of hydrogen-bond donors (Lipinski definition) is 0. The van der Waals surface area contributed by atoms with Crippen LogP contribution in [0.15, 0.2) is 0 Å². The lowest BCUT2D eigenvalue weighted by atomic mass is 10.2. The van der Waals surface area contributed by atoms with Gasteiger partial charge in [0.25, 0.3) is 0 Å². The Balaban J connectivity index is 2.24. The van der Waals surface area contributed by atoms with E-state index in [1.165, 1.54) is 0 Å². The largest absolute Gasteiger partial charge is 0.320 e. The lowest BCUT2D eigenvalue weighted by molar-refractivity contribution is -0.285. The van der Waals surface area contributed by atoms with Crippen LogP contribution in [0.4, 0.5) is 0 Å². The van der Waals surface area contributed by atoms with E-state index in [9.17, 15) is 0 Å². The molecule has 1 aliphatic heterocycles. The van der Waals surface area contributed by atoms with Gasteiger partial charge in [0, 0.05) is 5.92 Å². The Bertz CT molecular complexity index is 66.1. The normalized spacial score (nSPS) is 29.6. The fourth-order valence-electron chi connectivity index (χ4n) is 0.521. The molecule has 0 amide bonds. The van der Waals surface area contributed by atoms with Crippen molar-refractivity contribution in [1.82, 2.24) is 0 Å². The summed E-state index contributed by atoms with van der Waals surface area (Å²) in [5, 5.41) is 0. The summed E-state index contributed by atoms with van der Waals surface area (Å²) in [4.78, 5) is 9.19. The molecule has 0 radical (unpaired) electrons. The predicted molar refractivity (Wildman–Crippen MR) is 26.7 cm³/mol. The van der Waals surface area contributed by atoms with Gasteiger partial charge in [-0.25, -0.2) is 9.78 Å². The second-order valence-corrected chi connectivity index (χ2v) is 2.11. The van der Waals surface area contributed by atoms with Gasteiger partial charge in [-0.3, -0.25) is 0 Å². The first-order valence-corrected chi connectivity index (χ1v) is 2.70. The highest BCUT2D eigenvalue weighted by Gasteiger charge is 2.20. The van der Waals surface area contributed by atoms with E-state index in [2.05, 4.69) is 4.89 Å². The third kappa shape index (κ3) is 1.18. The van der Waals surface area contributed by atoms with Crippen molar-refractivity contribution in [3.8, 4) is 0 Å². The van der Waals surface area contributed by atoms with Crippen molar-refractivity contribution in [3.05, 3.63) is 0 Å². The summed E-state index contributed by atoms with van der Waals surface area (Å²) in [7, 11) is 0. The van der Waals surface area contributed by atoms with E-state index < -0.39 is 0 Å². The van der Waals surface area contributed by atoms with Gasteiger partial charge in [0.1, 0.15) is 0 Å². The number of hydrogen-bond acceptors (Lipinski definition) is 3. The van der Waals surface area contributed by atoms with Gasteiger partial charge in [-0.05, 0) is 0 Å².